The van der Waals surface area contributed by atoms with E-state index in [0.717, 1.165) is 0 Å². The van der Waals surface area contributed by atoms with E-state index in [-0.39, 0.29) is 0 Å². The Labute approximate surface area is 76.4 Å². The molecule has 0 nitrogen and oxygen atoms in total. The minimum Gasteiger partial charge on any atom is -0.0911 e. The molecule has 0 radical (unpaired) electrons. The molecule has 0 saturated carbocycles. The third kappa shape index (κ3) is 2.00. The highest BCUT2D eigenvalue weighted by molar-refractivity contribution is 5.19. The molecular formula is C12H20. The van der Waals surface area contributed by atoms with Crippen LogP contribution in [0.15, 0.2) is 23.3 Å². The van der Waals surface area contributed by atoms with E-state index >= 15 is 0 Å². The maximum absolute atomic E-state index is 2.36. The second kappa shape index (κ2) is 3.47. The second-order valence-corrected chi connectivity index (χ2v) is 4.39. The smallest absolute Gasteiger partial charge is 0.0106 e. The van der Waals surface area contributed by atoms with Gasteiger partial charge in [-0.15, -0.1) is 0 Å². The molecule has 1 aliphatic carbocycles. The zero-order chi connectivity index (χ0) is 9.19. The van der Waals surface area contributed by atoms with Crippen molar-refractivity contribution in [1.82, 2.24) is 0 Å². The van der Waals surface area contributed by atoms with Gasteiger partial charge in [0, 0.05) is 0 Å². The van der Waals surface area contributed by atoms with Crippen molar-refractivity contribution in [3.63, 3.8) is 0 Å². The van der Waals surface area contributed by atoms with Crippen LogP contribution in [0.4, 0.5) is 0 Å². The Kier molecular flexibility index (Phi) is 2.76. The van der Waals surface area contributed by atoms with Gasteiger partial charge in [0.25, 0.3) is 0 Å². The summed E-state index contributed by atoms with van der Waals surface area (Å²) >= 11 is 0. The first-order valence-electron chi connectivity index (χ1n) is 4.86. The van der Waals surface area contributed by atoms with Gasteiger partial charge in [0.15, 0.2) is 0 Å². The van der Waals surface area contributed by atoms with Gasteiger partial charge in [0.1, 0.15) is 0 Å². The zero-order valence-electron chi connectivity index (χ0n) is 8.78. The first-order valence-corrected chi connectivity index (χ1v) is 4.86. The molecule has 1 unspecified atom stereocenters. The lowest BCUT2D eigenvalue weighted by atomic mass is 9.73. The molecule has 0 fully saturated rings. The first-order chi connectivity index (χ1) is 5.57. The van der Waals surface area contributed by atoms with Crippen molar-refractivity contribution < 1.29 is 0 Å². The molecule has 0 spiro atoms. The van der Waals surface area contributed by atoms with Gasteiger partial charge in [0.05, 0.1) is 0 Å². The summed E-state index contributed by atoms with van der Waals surface area (Å²) in [6.45, 7) is 9.02. The number of hydrogen-bond acceptors (Lipinski definition) is 0. The van der Waals surface area contributed by atoms with Gasteiger partial charge in [-0.25, -0.2) is 0 Å². The van der Waals surface area contributed by atoms with E-state index in [9.17, 15) is 0 Å². The average molecular weight is 164 g/mol. The molecule has 0 bridgehead atoms. The first kappa shape index (κ1) is 9.57. The molecule has 0 aromatic rings. The lowest BCUT2D eigenvalue weighted by molar-refractivity contribution is 0.366. The predicted molar refractivity (Wildman–Crippen MR) is 55.1 cm³/mol. The lowest BCUT2D eigenvalue weighted by Crippen LogP contribution is -2.18. The third-order valence-electron chi connectivity index (χ3n) is 3.04. The Morgan fingerprint density at radius 1 is 1.25 bits per heavy atom. The van der Waals surface area contributed by atoms with Crippen molar-refractivity contribution in [1.29, 1.82) is 0 Å². The molecule has 0 aromatic heterocycles. The molecule has 12 heavy (non-hydrogen) atoms. The quantitative estimate of drug-likeness (QED) is 0.512. The van der Waals surface area contributed by atoms with Crippen LogP contribution < -0.4 is 0 Å². The molecule has 0 heterocycles. The van der Waals surface area contributed by atoms with Crippen LogP contribution in [0.5, 0.6) is 0 Å². The molecule has 0 aromatic carbocycles. The van der Waals surface area contributed by atoms with Gasteiger partial charge >= 0.3 is 0 Å². The molecule has 0 aliphatic heterocycles. The monoisotopic (exact) mass is 164 g/mol. The van der Waals surface area contributed by atoms with Gasteiger partial charge in [-0.3, -0.25) is 0 Å². The SMILES string of the molecule is C/C=C/C1(C)CCC(C)=C(C)C1. The molecular weight excluding hydrogens is 144 g/mol. The van der Waals surface area contributed by atoms with E-state index in [1.54, 1.807) is 11.1 Å². The Morgan fingerprint density at radius 2 is 1.92 bits per heavy atom. The normalized spacial score (nSPS) is 31.7. The van der Waals surface area contributed by atoms with E-state index in [0.29, 0.717) is 5.41 Å². The molecule has 1 rings (SSSR count). The van der Waals surface area contributed by atoms with Crippen LogP contribution in [0.1, 0.15) is 47.0 Å². The number of rotatable bonds is 1. The van der Waals surface area contributed by atoms with Crippen molar-refractivity contribution in [2.75, 3.05) is 0 Å². The van der Waals surface area contributed by atoms with Crippen LogP contribution in [-0.2, 0) is 0 Å². The summed E-state index contributed by atoms with van der Waals surface area (Å²) in [6, 6.07) is 0. The maximum atomic E-state index is 2.36. The standard InChI is InChI=1S/C12H20/c1-5-7-12(4)8-6-10(2)11(3)9-12/h5,7H,6,8-9H2,1-4H3/b7-5+. The number of allylic oxidation sites excluding steroid dienone is 4. The molecule has 0 saturated heterocycles. The number of hydrogen-bond donors (Lipinski definition) is 0. The summed E-state index contributed by atoms with van der Waals surface area (Å²) in [4.78, 5) is 0. The fourth-order valence-electron chi connectivity index (χ4n) is 2.08. The fourth-order valence-corrected chi connectivity index (χ4v) is 2.08. The summed E-state index contributed by atoms with van der Waals surface area (Å²) < 4.78 is 0. The second-order valence-electron chi connectivity index (χ2n) is 4.39. The molecule has 0 N–H and O–H groups in total. The fraction of sp³-hybridized carbons (Fsp3) is 0.667. The van der Waals surface area contributed by atoms with Crippen molar-refractivity contribution in [3.8, 4) is 0 Å². The van der Waals surface area contributed by atoms with Crippen molar-refractivity contribution in [3.05, 3.63) is 23.3 Å². The Balaban J connectivity index is 2.77. The Morgan fingerprint density at radius 3 is 2.42 bits per heavy atom. The predicted octanol–water partition coefficient (Wildman–Crippen LogP) is 4.09. The average Bonchev–Trinajstić information content (AvgIpc) is 1.98. The highest BCUT2D eigenvalue weighted by atomic mass is 14.3. The van der Waals surface area contributed by atoms with Crippen LogP contribution >= 0.6 is 0 Å². The van der Waals surface area contributed by atoms with Crippen LogP contribution in [0, 0.1) is 5.41 Å². The minimum atomic E-state index is 0.443. The zero-order valence-corrected chi connectivity index (χ0v) is 8.78. The molecule has 1 atom stereocenters. The van der Waals surface area contributed by atoms with E-state index in [2.05, 4.69) is 39.8 Å². The molecule has 0 heteroatoms. The minimum absolute atomic E-state index is 0.443. The van der Waals surface area contributed by atoms with Crippen LogP contribution in [-0.4, -0.2) is 0 Å². The summed E-state index contributed by atoms with van der Waals surface area (Å²) in [5, 5.41) is 0. The largest absolute Gasteiger partial charge is 0.0911 e. The summed E-state index contributed by atoms with van der Waals surface area (Å²) in [6.07, 6.45) is 8.41. The summed E-state index contributed by atoms with van der Waals surface area (Å²) in [5.74, 6) is 0. The summed E-state index contributed by atoms with van der Waals surface area (Å²) in [7, 11) is 0. The molecule has 68 valence electrons. The van der Waals surface area contributed by atoms with Crippen molar-refractivity contribution >= 4 is 0 Å². The molecule has 0 amide bonds. The van der Waals surface area contributed by atoms with E-state index in [1.165, 1.54) is 19.3 Å². The van der Waals surface area contributed by atoms with Gasteiger partial charge < -0.3 is 0 Å². The topological polar surface area (TPSA) is 0 Å². The van der Waals surface area contributed by atoms with E-state index in [4.69, 9.17) is 0 Å². The highest BCUT2D eigenvalue weighted by Crippen LogP contribution is 2.39. The maximum Gasteiger partial charge on any atom is -0.0106 e. The van der Waals surface area contributed by atoms with Crippen LogP contribution in [0.25, 0.3) is 0 Å². The van der Waals surface area contributed by atoms with Crippen LogP contribution in [0.3, 0.4) is 0 Å². The van der Waals surface area contributed by atoms with Crippen molar-refractivity contribution in [2.45, 2.75) is 47.0 Å². The van der Waals surface area contributed by atoms with Gasteiger partial charge in [-0.1, -0.05) is 30.2 Å². The van der Waals surface area contributed by atoms with Crippen LogP contribution in [0.2, 0.25) is 0 Å². The Bertz CT molecular complexity index is 220. The third-order valence-corrected chi connectivity index (χ3v) is 3.04. The molecule has 1 aliphatic rings. The summed E-state index contributed by atoms with van der Waals surface area (Å²) in [5.41, 5.74) is 3.65. The highest BCUT2D eigenvalue weighted by Gasteiger charge is 2.25. The van der Waals surface area contributed by atoms with Gasteiger partial charge in [-0.05, 0) is 45.4 Å². The lowest BCUT2D eigenvalue weighted by Gasteiger charge is -2.32. The van der Waals surface area contributed by atoms with Gasteiger partial charge in [0.2, 0.25) is 0 Å². The van der Waals surface area contributed by atoms with Gasteiger partial charge in [-0.2, -0.15) is 0 Å². The van der Waals surface area contributed by atoms with Crippen molar-refractivity contribution in [2.24, 2.45) is 5.41 Å². The Hall–Kier alpha value is -0.520. The van der Waals surface area contributed by atoms with E-state index < -0.39 is 0 Å². The van der Waals surface area contributed by atoms with E-state index in [1.807, 2.05) is 0 Å².